The number of hydrogen-bond donors (Lipinski definition) is 0. The summed E-state index contributed by atoms with van der Waals surface area (Å²) < 4.78 is 20.8. The van der Waals surface area contributed by atoms with Gasteiger partial charge in [-0.2, -0.15) is 0 Å². The second-order valence-electron chi connectivity index (χ2n) is 5.46. The van der Waals surface area contributed by atoms with Crippen LogP contribution in [0.4, 0.5) is 0 Å². The molecular formula is C19H14N2O5. The largest absolute Gasteiger partial charge is 0.497 e. The number of carbonyl (C=O) groups is 1. The number of hydrogen-bond acceptors (Lipinski definition) is 7. The Morgan fingerprint density at radius 3 is 2.58 bits per heavy atom. The number of rotatable bonds is 4. The molecule has 3 aromatic heterocycles. The van der Waals surface area contributed by atoms with Gasteiger partial charge in [-0.15, -0.1) is 0 Å². The van der Waals surface area contributed by atoms with Crippen molar-refractivity contribution >= 4 is 17.1 Å². The molecule has 0 aliphatic carbocycles. The second-order valence-corrected chi connectivity index (χ2v) is 5.46. The van der Waals surface area contributed by atoms with Crippen molar-refractivity contribution in [3.8, 4) is 28.5 Å². The monoisotopic (exact) mass is 350 g/mol. The first-order valence-corrected chi connectivity index (χ1v) is 7.78. The predicted octanol–water partition coefficient (Wildman–Crippen LogP) is 3.95. The maximum atomic E-state index is 12.4. The Kier molecular flexibility index (Phi) is 3.89. The number of esters is 1. The van der Waals surface area contributed by atoms with E-state index < -0.39 is 5.97 Å². The van der Waals surface area contributed by atoms with Crippen LogP contribution in [-0.2, 0) is 4.74 Å². The average molecular weight is 350 g/mol. The molecule has 1 aromatic carbocycles. The second kappa shape index (κ2) is 6.36. The van der Waals surface area contributed by atoms with E-state index >= 15 is 0 Å². The Bertz CT molecular complexity index is 1070. The van der Waals surface area contributed by atoms with Gasteiger partial charge >= 0.3 is 5.97 Å². The molecule has 0 unspecified atom stereocenters. The zero-order valence-electron chi connectivity index (χ0n) is 14.1. The van der Waals surface area contributed by atoms with Crippen molar-refractivity contribution in [2.45, 2.75) is 0 Å². The zero-order chi connectivity index (χ0) is 18.1. The summed E-state index contributed by atoms with van der Waals surface area (Å²) >= 11 is 0. The van der Waals surface area contributed by atoms with Gasteiger partial charge in [0.2, 0.25) is 0 Å². The maximum absolute atomic E-state index is 12.4. The topological polar surface area (TPSA) is 87.6 Å². The van der Waals surface area contributed by atoms with Crippen molar-refractivity contribution in [1.82, 2.24) is 10.1 Å². The minimum Gasteiger partial charge on any atom is -0.497 e. The van der Waals surface area contributed by atoms with Crippen LogP contribution in [-0.4, -0.2) is 30.3 Å². The van der Waals surface area contributed by atoms with E-state index in [1.54, 1.807) is 25.3 Å². The number of pyridine rings is 1. The smallest absolute Gasteiger partial charge is 0.338 e. The van der Waals surface area contributed by atoms with Gasteiger partial charge in [0, 0.05) is 5.56 Å². The third-order valence-corrected chi connectivity index (χ3v) is 3.99. The molecule has 0 aliphatic heterocycles. The van der Waals surface area contributed by atoms with E-state index in [0.717, 1.165) is 11.3 Å². The number of aromatic nitrogens is 2. The maximum Gasteiger partial charge on any atom is 0.338 e. The van der Waals surface area contributed by atoms with E-state index in [4.69, 9.17) is 18.4 Å². The minimum atomic E-state index is -0.511. The lowest BCUT2D eigenvalue weighted by molar-refractivity contribution is 0.0603. The fourth-order valence-electron chi connectivity index (χ4n) is 2.71. The molecule has 7 heteroatoms. The summed E-state index contributed by atoms with van der Waals surface area (Å²) in [4.78, 5) is 16.9. The summed E-state index contributed by atoms with van der Waals surface area (Å²) in [7, 11) is 2.92. The Morgan fingerprint density at radius 1 is 1.12 bits per heavy atom. The van der Waals surface area contributed by atoms with Crippen molar-refractivity contribution in [2.75, 3.05) is 14.2 Å². The number of fused-ring (bicyclic) bond motifs is 1. The fraction of sp³-hybridized carbons (Fsp3) is 0.105. The van der Waals surface area contributed by atoms with E-state index in [-0.39, 0.29) is 5.71 Å². The first-order valence-electron chi connectivity index (χ1n) is 7.78. The molecule has 0 N–H and O–H groups in total. The summed E-state index contributed by atoms with van der Waals surface area (Å²) in [5.74, 6) is 0.693. The highest BCUT2D eigenvalue weighted by Crippen LogP contribution is 2.33. The number of carbonyl (C=O) groups excluding carboxylic acids is 1. The molecule has 3 heterocycles. The summed E-state index contributed by atoms with van der Waals surface area (Å²) in [6.07, 6.45) is 1.52. The van der Waals surface area contributed by atoms with Crippen LogP contribution in [0, 0.1) is 0 Å². The molecule has 26 heavy (non-hydrogen) atoms. The lowest BCUT2D eigenvalue weighted by Crippen LogP contribution is -2.03. The molecule has 0 aliphatic rings. The number of benzene rings is 1. The van der Waals surface area contributed by atoms with Crippen molar-refractivity contribution in [3.05, 3.63) is 54.3 Å². The zero-order valence-corrected chi connectivity index (χ0v) is 14.1. The summed E-state index contributed by atoms with van der Waals surface area (Å²) in [6.45, 7) is 0. The lowest BCUT2D eigenvalue weighted by Gasteiger charge is -2.06. The van der Waals surface area contributed by atoms with Gasteiger partial charge in [-0.3, -0.25) is 0 Å². The number of ether oxygens (including phenoxy) is 2. The van der Waals surface area contributed by atoms with Crippen LogP contribution in [0.2, 0.25) is 0 Å². The summed E-state index contributed by atoms with van der Waals surface area (Å²) in [5.41, 5.74) is 2.29. The quantitative estimate of drug-likeness (QED) is 0.515. The summed E-state index contributed by atoms with van der Waals surface area (Å²) in [6, 6.07) is 12.4. The van der Waals surface area contributed by atoms with E-state index in [9.17, 15) is 4.79 Å². The van der Waals surface area contributed by atoms with Gasteiger partial charge in [-0.05, 0) is 42.5 Å². The molecule has 4 aromatic rings. The minimum absolute atomic E-state index is 0.227. The Balaban J connectivity index is 1.93. The lowest BCUT2D eigenvalue weighted by atomic mass is 10.0. The van der Waals surface area contributed by atoms with Gasteiger partial charge in [-0.1, -0.05) is 5.16 Å². The predicted molar refractivity (Wildman–Crippen MR) is 92.8 cm³/mol. The standard InChI is InChI=1S/C19H14N2O5/c1-23-12-7-5-11(6-8-12)14-10-13(19(22)24-2)16-17(15-4-3-9-25-15)21-26-18(16)20-14/h3-10H,1-2H3. The van der Waals surface area contributed by atoms with Gasteiger partial charge < -0.3 is 18.4 Å². The van der Waals surface area contributed by atoms with Crippen molar-refractivity contribution in [2.24, 2.45) is 0 Å². The number of nitrogens with zero attached hydrogens (tertiary/aromatic N) is 2. The molecule has 0 radical (unpaired) electrons. The molecule has 0 atom stereocenters. The molecular weight excluding hydrogens is 336 g/mol. The van der Waals surface area contributed by atoms with Crippen molar-refractivity contribution in [3.63, 3.8) is 0 Å². The fourth-order valence-corrected chi connectivity index (χ4v) is 2.71. The van der Waals surface area contributed by atoms with Crippen LogP contribution >= 0.6 is 0 Å². The van der Waals surface area contributed by atoms with Crippen LogP contribution in [0.15, 0.2) is 57.7 Å². The molecule has 130 valence electrons. The first kappa shape index (κ1) is 15.9. The number of methoxy groups -OCH3 is 2. The molecule has 0 saturated carbocycles. The van der Waals surface area contributed by atoms with Gasteiger partial charge in [0.1, 0.15) is 5.75 Å². The van der Waals surface area contributed by atoms with E-state index in [0.29, 0.717) is 28.1 Å². The van der Waals surface area contributed by atoms with Crippen molar-refractivity contribution < 1.29 is 23.2 Å². The molecule has 7 nitrogen and oxygen atoms in total. The molecule has 0 amide bonds. The van der Waals surface area contributed by atoms with Crippen LogP contribution in [0.3, 0.4) is 0 Å². The highest BCUT2D eigenvalue weighted by atomic mass is 16.5. The van der Waals surface area contributed by atoms with E-state index in [2.05, 4.69) is 10.1 Å². The van der Waals surface area contributed by atoms with Crippen LogP contribution in [0.25, 0.3) is 33.8 Å². The van der Waals surface area contributed by atoms with Gasteiger partial charge in [-0.25, -0.2) is 9.78 Å². The van der Waals surface area contributed by atoms with Gasteiger partial charge in [0.05, 0.1) is 37.1 Å². The molecule has 0 spiro atoms. The summed E-state index contributed by atoms with van der Waals surface area (Å²) in [5, 5.41) is 4.47. The molecule has 4 rings (SSSR count). The highest BCUT2D eigenvalue weighted by Gasteiger charge is 2.23. The Morgan fingerprint density at radius 2 is 1.92 bits per heavy atom. The van der Waals surface area contributed by atoms with Gasteiger partial charge in [0.25, 0.3) is 5.71 Å². The molecule has 0 fully saturated rings. The molecule has 0 saturated heterocycles. The van der Waals surface area contributed by atoms with Crippen LogP contribution < -0.4 is 4.74 Å². The SMILES string of the molecule is COC(=O)c1cc(-c2ccc(OC)cc2)nc2onc(-c3ccco3)c12. The van der Waals surface area contributed by atoms with E-state index in [1.165, 1.54) is 13.4 Å². The van der Waals surface area contributed by atoms with E-state index in [1.807, 2.05) is 24.3 Å². The Labute approximate surface area is 148 Å². The van der Waals surface area contributed by atoms with Crippen LogP contribution in [0.1, 0.15) is 10.4 Å². The third kappa shape index (κ3) is 2.59. The normalized spacial score (nSPS) is 10.8. The van der Waals surface area contributed by atoms with Gasteiger partial charge in [0.15, 0.2) is 11.5 Å². The third-order valence-electron chi connectivity index (χ3n) is 3.99. The number of furan rings is 1. The molecule has 0 bridgehead atoms. The van der Waals surface area contributed by atoms with Crippen LogP contribution in [0.5, 0.6) is 5.75 Å². The van der Waals surface area contributed by atoms with Crippen molar-refractivity contribution in [1.29, 1.82) is 0 Å². The highest BCUT2D eigenvalue weighted by molar-refractivity contribution is 6.07. The average Bonchev–Trinajstić information content (AvgIpc) is 3.36. The Hall–Kier alpha value is -3.61. The first-order chi connectivity index (χ1) is 12.7.